The first kappa shape index (κ1) is 11.4. The van der Waals surface area contributed by atoms with E-state index < -0.39 is 11.8 Å². The van der Waals surface area contributed by atoms with Gasteiger partial charge in [-0.2, -0.15) is 0 Å². The fraction of sp³-hybridized carbons (Fsp3) is 0. The predicted octanol–water partition coefficient (Wildman–Crippen LogP) is -0.453. The fourth-order valence-electron chi connectivity index (χ4n) is 1.02. The van der Waals surface area contributed by atoms with Crippen LogP contribution in [-0.4, -0.2) is 11.8 Å². The number of hydrogen-bond donors (Lipinski definition) is 4. The molecule has 6 nitrogen and oxygen atoms in total. The summed E-state index contributed by atoms with van der Waals surface area (Å²) < 4.78 is 0. The van der Waals surface area contributed by atoms with Gasteiger partial charge < -0.3 is 0 Å². The summed E-state index contributed by atoms with van der Waals surface area (Å²) in [4.78, 5) is 22.3. The van der Waals surface area contributed by atoms with Gasteiger partial charge in [-0.25, -0.2) is 11.7 Å². The van der Waals surface area contributed by atoms with Gasteiger partial charge in [0.05, 0.1) is 0 Å². The van der Waals surface area contributed by atoms with Crippen molar-refractivity contribution in [2.24, 2.45) is 11.7 Å². The average molecular weight is 229 g/mol. The van der Waals surface area contributed by atoms with Gasteiger partial charge in [-0.3, -0.25) is 20.4 Å². The van der Waals surface area contributed by atoms with Gasteiger partial charge in [0.1, 0.15) is 0 Å². The molecule has 1 rings (SSSR count). The lowest BCUT2D eigenvalue weighted by Gasteiger charge is -2.04. The Kier molecular flexibility index (Phi) is 3.62. The summed E-state index contributed by atoms with van der Waals surface area (Å²) in [6.07, 6.45) is 0. The van der Waals surface area contributed by atoms with Crippen LogP contribution < -0.4 is 22.5 Å². The van der Waals surface area contributed by atoms with Crippen molar-refractivity contribution < 1.29 is 9.59 Å². The van der Waals surface area contributed by atoms with Crippen molar-refractivity contribution in [3.8, 4) is 0 Å². The summed E-state index contributed by atoms with van der Waals surface area (Å²) in [6, 6.07) is 4.10. The maximum atomic E-state index is 11.2. The predicted molar refractivity (Wildman–Crippen MR) is 54.8 cm³/mol. The van der Waals surface area contributed by atoms with E-state index in [1.165, 1.54) is 18.2 Å². The summed E-state index contributed by atoms with van der Waals surface area (Å²) in [5.74, 6) is 8.81. The molecule has 0 fully saturated rings. The molecule has 6 N–H and O–H groups in total. The molecule has 1 aromatic carbocycles. The lowest BCUT2D eigenvalue weighted by molar-refractivity contribution is 0.0953. The first-order valence-corrected chi connectivity index (χ1v) is 4.28. The molecule has 0 aliphatic carbocycles. The van der Waals surface area contributed by atoms with E-state index in [4.69, 9.17) is 23.3 Å². The van der Waals surface area contributed by atoms with E-state index >= 15 is 0 Å². The van der Waals surface area contributed by atoms with E-state index in [1.54, 1.807) is 0 Å². The number of benzene rings is 1. The molecular weight excluding hydrogens is 220 g/mol. The number of amides is 2. The molecule has 0 bridgehead atoms. The van der Waals surface area contributed by atoms with Crippen LogP contribution in [0.3, 0.4) is 0 Å². The first-order valence-electron chi connectivity index (χ1n) is 3.91. The standard InChI is InChI=1S/C8H9ClN4O2/c9-6-2-4(7(14)12-10)1-5(3-6)8(15)13-11/h1-3H,10-11H2,(H,12,14)(H,13,15). The van der Waals surface area contributed by atoms with Crippen molar-refractivity contribution >= 4 is 23.4 Å². The third-order valence-corrected chi connectivity index (χ3v) is 1.90. The molecule has 0 heterocycles. The number of carbonyl (C=O) groups is 2. The molecular formula is C8H9ClN4O2. The second kappa shape index (κ2) is 4.74. The maximum Gasteiger partial charge on any atom is 0.265 e. The summed E-state index contributed by atoms with van der Waals surface area (Å²) in [5, 5.41) is 0.245. The van der Waals surface area contributed by atoms with Crippen LogP contribution in [0.15, 0.2) is 18.2 Å². The van der Waals surface area contributed by atoms with Crippen LogP contribution in [0.1, 0.15) is 20.7 Å². The van der Waals surface area contributed by atoms with Gasteiger partial charge in [0.15, 0.2) is 0 Å². The van der Waals surface area contributed by atoms with Gasteiger partial charge in [0, 0.05) is 16.1 Å². The second-order valence-electron chi connectivity index (χ2n) is 2.68. The van der Waals surface area contributed by atoms with Crippen LogP contribution in [0, 0.1) is 0 Å². The number of nitrogens with one attached hydrogen (secondary N) is 2. The number of carbonyl (C=O) groups excluding carboxylic acids is 2. The number of hydrazine groups is 2. The highest BCUT2D eigenvalue weighted by Crippen LogP contribution is 2.15. The van der Waals surface area contributed by atoms with Crippen molar-refractivity contribution in [2.45, 2.75) is 0 Å². The number of hydrogen-bond acceptors (Lipinski definition) is 4. The Bertz CT molecular complexity index is 373. The Morgan fingerprint density at radius 2 is 1.40 bits per heavy atom. The highest BCUT2D eigenvalue weighted by molar-refractivity contribution is 6.31. The quantitative estimate of drug-likeness (QED) is 0.312. The topological polar surface area (TPSA) is 110 Å². The van der Waals surface area contributed by atoms with Crippen LogP contribution in [0.2, 0.25) is 5.02 Å². The van der Waals surface area contributed by atoms with Crippen molar-refractivity contribution in [2.75, 3.05) is 0 Å². The molecule has 0 aromatic heterocycles. The van der Waals surface area contributed by atoms with Crippen molar-refractivity contribution in [3.05, 3.63) is 34.3 Å². The van der Waals surface area contributed by atoms with Gasteiger partial charge in [0.2, 0.25) is 0 Å². The van der Waals surface area contributed by atoms with Crippen LogP contribution in [0.5, 0.6) is 0 Å². The SMILES string of the molecule is NNC(=O)c1cc(Cl)cc(C(=O)NN)c1. The fourth-order valence-corrected chi connectivity index (χ4v) is 1.25. The van der Waals surface area contributed by atoms with Gasteiger partial charge >= 0.3 is 0 Å². The normalized spacial score (nSPS) is 9.53. The molecule has 0 radical (unpaired) electrons. The zero-order valence-electron chi connectivity index (χ0n) is 7.58. The molecule has 7 heteroatoms. The first-order chi connectivity index (χ1) is 7.08. The molecule has 0 saturated carbocycles. The zero-order valence-corrected chi connectivity index (χ0v) is 8.34. The van der Waals surface area contributed by atoms with E-state index in [1.807, 2.05) is 10.9 Å². The molecule has 1 aromatic rings. The Morgan fingerprint density at radius 1 is 1.00 bits per heavy atom. The number of rotatable bonds is 2. The van der Waals surface area contributed by atoms with Crippen LogP contribution in [0.4, 0.5) is 0 Å². The minimum Gasteiger partial charge on any atom is -0.290 e. The average Bonchev–Trinajstić information content (AvgIpc) is 2.26. The monoisotopic (exact) mass is 228 g/mol. The Balaban J connectivity index is 3.16. The summed E-state index contributed by atoms with van der Waals surface area (Å²) in [5.41, 5.74) is 4.23. The third-order valence-electron chi connectivity index (χ3n) is 1.68. The molecule has 0 aliphatic heterocycles. The zero-order chi connectivity index (χ0) is 11.4. The molecule has 80 valence electrons. The van der Waals surface area contributed by atoms with Gasteiger partial charge in [-0.1, -0.05) is 11.6 Å². The Labute approximate surface area is 90.5 Å². The highest BCUT2D eigenvalue weighted by atomic mass is 35.5. The summed E-state index contributed by atoms with van der Waals surface area (Å²) in [7, 11) is 0. The Hall–Kier alpha value is -1.63. The number of halogens is 1. The third kappa shape index (κ3) is 2.66. The van der Waals surface area contributed by atoms with Crippen molar-refractivity contribution in [3.63, 3.8) is 0 Å². The van der Waals surface area contributed by atoms with E-state index in [-0.39, 0.29) is 16.1 Å². The summed E-state index contributed by atoms with van der Waals surface area (Å²) >= 11 is 5.71. The minimum absolute atomic E-state index is 0.184. The second-order valence-corrected chi connectivity index (χ2v) is 3.11. The van der Waals surface area contributed by atoms with Gasteiger partial charge in [0.25, 0.3) is 11.8 Å². The number of nitrogen functional groups attached to an aromatic ring is 2. The van der Waals surface area contributed by atoms with Gasteiger partial charge in [-0.15, -0.1) is 0 Å². The molecule has 2 amide bonds. The van der Waals surface area contributed by atoms with Crippen molar-refractivity contribution in [1.82, 2.24) is 10.9 Å². The molecule has 15 heavy (non-hydrogen) atoms. The molecule has 0 aliphatic rings. The molecule has 0 saturated heterocycles. The lowest BCUT2D eigenvalue weighted by atomic mass is 10.1. The Morgan fingerprint density at radius 3 is 1.73 bits per heavy atom. The van der Waals surface area contributed by atoms with Crippen LogP contribution in [0.25, 0.3) is 0 Å². The lowest BCUT2D eigenvalue weighted by Crippen LogP contribution is -2.32. The largest absolute Gasteiger partial charge is 0.290 e. The molecule has 0 spiro atoms. The van der Waals surface area contributed by atoms with E-state index in [9.17, 15) is 9.59 Å². The van der Waals surface area contributed by atoms with E-state index in [0.29, 0.717) is 0 Å². The van der Waals surface area contributed by atoms with Crippen molar-refractivity contribution in [1.29, 1.82) is 0 Å². The molecule has 0 unspecified atom stereocenters. The number of nitrogens with two attached hydrogens (primary N) is 2. The maximum absolute atomic E-state index is 11.2. The van der Waals surface area contributed by atoms with E-state index in [0.717, 1.165) is 0 Å². The molecule has 0 atom stereocenters. The van der Waals surface area contributed by atoms with Gasteiger partial charge in [-0.05, 0) is 18.2 Å². The van der Waals surface area contributed by atoms with Crippen LogP contribution in [-0.2, 0) is 0 Å². The van der Waals surface area contributed by atoms with Crippen LogP contribution >= 0.6 is 11.6 Å². The van der Waals surface area contributed by atoms with E-state index in [2.05, 4.69) is 0 Å². The highest BCUT2D eigenvalue weighted by Gasteiger charge is 2.10. The minimum atomic E-state index is -0.538. The smallest absolute Gasteiger partial charge is 0.265 e. The summed E-state index contributed by atoms with van der Waals surface area (Å²) in [6.45, 7) is 0.